The van der Waals surface area contributed by atoms with E-state index in [-0.39, 0.29) is 18.1 Å². The number of hydrogen-bond donors (Lipinski definition) is 1. The first-order valence-electron chi connectivity index (χ1n) is 6.78. The first-order valence-corrected chi connectivity index (χ1v) is 6.78. The van der Waals surface area contributed by atoms with Crippen molar-refractivity contribution in [2.24, 2.45) is 0 Å². The molecule has 0 saturated carbocycles. The van der Waals surface area contributed by atoms with Gasteiger partial charge in [0.2, 0.25) is 0 Å². The average Bonchev–Trinajstić information content (AvgIpc) is 2.83. The number of likely N-dealkylation sites (N-methyl/N-ethyl adjacent to an activating group) is 1. The Balaban J connectivity index is 1.82. The summed E-state index contributed by atoms with van der Waals surface area (Å²) in [6, 6.07) is 0.161. The first-order chi connectivity index (χ1) is 9.16. The lowest BCUT2D eigenvalue weighted by atomic mass is 9.98. The normalized spacial score (nSPS) is 28.2. The minimum absolute atomic E-state index is 0.0693. The molecule has 1 amide bonds. The highest BCUT2D eigenvalue weighted by atomic mass is 16.5. The van der Waals surface area contributed by atoms with Crippen molar-refractivity contribution in [2.75, 3.05) is 33.3 Å². The largest absolute Gasteiger partial charge is 0.374 e. The monoisotopic (exact) mass is 264 g/mol. The van der Waals surface area contributed by atoms with Gasteiger partial charge in [-0.05, 0) is 20.4 Å². The van der Waals surface area contributed by atoms with Crippen molar-refractivity contribution in [2.45, 2.75) is 25.5 Å². The Morgan fingerprint density at radius 2 is 2.37 bits per heavy atom. The summed E-state index contributed by atoms with van der Waals surface area (Å²) >= 11 is 0. The summed E-state index contributed by atoms with van der Waals surface area (Å²) < 4.78 is 5.81. The maximum atomic E-state index is 12.6. The molecule has 0 unspecified atom stereocenters. The van der Waals surface area contributed by atoms with Crippen LogP contribution in [0.25, 0.3) is 0 Å². The molecule has 3 rings (SSSR count). The molecule has 1 aromatic heterocycles. The van der Waals surface area contributed by atoms with E-state index >= 15 is 0 Å². The molecule has 1 N–H and O–H groups in total. The molecule has 104 valence electrons. The third-order valence-corrected chi connectivity index (χ3v) is 4.11. The van der Waals surface area contributed by atoms with Crippen molar-refractivity contribution in [1.82, 2.24) is 20.0 Å². The molecule has 6 heteroatoms. The number of likely N-dealkylation sites (tertiary alicyclic amines) is 1. The van der Waals surface area contributed by atoms with E-state index in [4.69, 9.17) is 4.74 Å². The smallest absolute Gasteiger partial charge is 0.257 e. The predicted octanol–water partition coefficient (Wildman–Crippen LogP) is 0.263. The predicted molar refractivity (Wildman–Crippen MR) is 70.0 cm³/mol. The van der Waals surface area contributed by atoms with E-state index in [0.29, 0.717) is 18.7 Å². The van der Waals surface area contributed by atoms with E-state index in [2.05, 4.69) is 22.1 Å². The maximum Gasteiger partial charge on any atom is 0.257 e. The summed E-state index contributed by atoms with van der Waals surface area (Å²) in [5.41, 5.74) is 1.51. The minimum Gasteiger partial charge on any atom is -0.374 e. The molecule has 19 heavy (non-hydrogen) atoms. The number of aryl methyl sites for hydroxylation is 1. The van der Waals surface area contributed by atoms with Crippen LogP contribution in [-0.4, -0.2) is 71.3 Å². The first kappa shape index (κ1) is 12.6. The molecule has 2 aliphatic heterocycles. The number of morpholine rings is 1. The second kappa shape index (κ2) is 4.94. The summed E-state index contributed by atoms with van der Waals surface area (Å²) in [6.07, 6.45) is 2.80. The lowest BCUT2D eigenvalue weighted by Gasteiger charge is -2.46. The molecular formula is C13H20N4O2. The number of nitrogens with zero attached hydrogens (tertiary/aromatic N) is 3. The van der Waals surface area contributed by atoms with Crippen LogP contribution in [0.3, 0.4) is 0 Å². The van der Waals surface area contributed by atoms with Crippen molar-refractivity contribution >= 4 is 5.91 Å². The van der Waals surface area contributed by atoms with Crippen molar-refractivity contribution in [1.29, 1.82) is 0 Å². The number of fused-ring (bicyclic) bond motifs is 1. The van der Waals surface area contributed by atoms with E-state index in [9.17, 15) is 4.79 Å². The Bertz CT molecular complexity index is 473. The molecule has 0 aromatic carbocycles. The Kier molecular flexibility index (Phi) is 3.28. The second-order valence-corrected chi connectivity index (χ2v) is 5.43. The molecule has 0 spiro atoms. The summed E-state index contributed by atoms with van der Waals surface area (Å²) in [5.74, 6) is 0.0693. The van der Waals surface area contributed by atoms with Gasteiger partial charge in [-0.3, -0.25) is 9.89 Å². The molecule has 1 aromatic rings. The fraction of sp³-hybridized carbons (Fsp3) is 0.692. The number of piperidine rings is 1. The molecule has 2 atom stereocenters. The van der Waals surface area contributed by atoms with Crippen molar-refractivity contribution < 1.29 is 9.53 Å². The van der Waals surface area contributed by atoms with Gasteiger partial charge in [0.1, 0.15) is 0 Å². The number of aromatic nitrogens is 2. The summed E-state index contributed by atoms with van der Waals surface area (Å²) in [5, 5.41) is 6.77. The van der Waals surface area contributed by atoms with Crippen LogP contribution in [0, 0.1) is 6.92 Å². The van der Waals surface area contributed by atoms with Gasteiger partial charge in [-0.1, -0.05) is 0 Å². The van der Waals surface area contributed by atoms with Crippen LogP contribution in [0.4, 0.5) is 0 Å². The molecule has 6 nitrogen and oxygen atoms in total. The third-order valence-electron chi connectivity index (χ3n) is 4.11. The molecular weight excluding hydrogens is 244 g/mol. The van der Waals surface area contributed by atoms with E-state index in [1.54, 1.807) is 6.20 Å². The Morgan fingerprint density at radius 3 is 3.11 bits per heavy atom. The molecule has 2 saturated heterocycles. The molecule has 0 aliphatic carbocycles. The zero-order valence-electron chi connectivity index (χ0n) is 11.4. The number of hydrogen-bond acceptors (Lipinski definition) is 4. The Labute approximate surface area is 112 Å². The molecule has 2 fully saturated rings. The van der Waals surface area contributed by atoms with Gasteiger partial charge < -0.3 is 14.5 Å². The SMILES string of the molecule is Cc1[nH]ncc1C(=O)N1CCO[C@H]2CCN(C)C[C@H]21. The number of H-pyrrole nitrogens is 1. The zero-order valence-corrected chi connectivity index (χ0v) is 11.4. The van der Waals surface area contributed by atoms with Gasteiger partial charge in [0.15, 0.2) is 0 Å². The van der Waals surface area contributed by atoms with Crippen LogP contribution in [0.1, 0.15) is 22.5 Å². The molecule has 3 heterocycles. The van der Waals surface area contributed by atoms with Gasteiger partial charge in [0.25, 0.3) is 5.91 Å². The van der Waals surface area contributed by atoms with E-state index in [0.717, 1.165) is 25.2 Å². The topological polar surface area (TPSA) is 61.5 Å². The molecule has 0 radical (unpaired) electrons. The van der Waals surface area contributed by atoms with Crippen LogP contribution in [0.5, 0.6) is 0 Å². The lowest BCUT2D eigenvalue weighted by molar-refractivity contribution is -0.0870. The number of aromatic amines is 1. The maximum absolute atomic E-state index is 12.6. The molecule has 0 bridgehead atoms. The van der Waals surface area contributed by atoms with Gasteiger partial charge >= 0.3 is 0 Å². The number of ether oxygens (including phenoxy) is 1. The summed E-state index contributed by atoms with van der Waals surface area (Å²) in [7, 11) is 2.09. The fourth-order valence-electron chi connectivity index (χ4n) is 3.00. The summed E-state index contributed by atoms with van der Waals surface area (Å²) in [6.45, 7) is 5.10. The van der Waals surface area contributed by atoms with Crippen LogP contribution in [0.15, 0.2) is 6.20 Å². The highest BCUT2D eigenvalue weighted by Crippen LogP contribution is 2.24. The van der Waals surface area contributed by atoms with E-state index in [1.807, 2.05) is 11.8 Å². The highest BCUT2D eigenvalue weighted by Gasteiger charge is 2.39. The average molecular weight is 264 g/mol. The Morgan fingerprint density at radius 1 is 1.53 bits per heavy atom. The van der Waals surface area contributed by atoms with Crippen molar-refractivity contribution in [3.63, 3.8) is 0 Å². The van der Waals surface area contributed by atoms with Gasteiger partial charge in [0, 0.05) is 25.3 Å². The van der Waals surface area contributed by atoms with Gasteiger partial charge in [-0.2, -0.15) is 5.10 Å². The van der Waals surface area contributed by atoms with Crippen LogP contribution in [0.2, 0.25) is 0 Å². The number of amides is 1. The van der Waals surface area contributed by atoms with Gasteiger partial charge in [-0.25, -0.2) is 0 Å². The highest BCUT2D eigenvalue weighted by molar-refractivity contribution is 5.95. The van der Waals surface area contributed by atoms with Crippen LogP contribution >= 0.6 is 0 Å². The lowest BCUT2D eigenvalue weighted by Crippen LogP contribution is -2.60. The molecule has 2 aliphatic rings. The summed E-state index contributed by atoms with van der Waals surface area (Å²) in [4.78, 5) is 16.9. The number of rotatable bonds is 1. The standard InChI is InChI=1S/C13H20N4O2/c1-9-10(7-14-15-9)13(18)17-5-6-19-12-3-4-16(2)8-11(12)17/h7,11-12H,3-6,8H2,1-2H3,(H,14,15)/t11-,12+/m1/s1. The van der Waals surface area contributed by atoms with Gasteiger partial charge in [-0.15, -0.1) is 0 Å². The van der Waals surface area contributed by atoms with E-state index in [1.165, 1.54) is 0 Å². The quantitative estimate of drug-likeness (QED) is 0.790. The van der Waals surface area contributed by atoms with Crippen LogP contribution in [-0.2, 0) is 4.74 Å². The third kappa shape index (κ3) is 2.26. The minimum atomic E-state index is 0.0693. The number of nitrogens with one attached hydrogen (secondary N) is 1. The Hall–Kier alpha value is -1.40. The number of carbonyl (C=O) groups excluding carboxylic acids is 1. The fourth-order valence-corrected chi connectivity index (χ4v) is 3.00. The van der Waals surface area contributed by atoms with Gasteiger partial charge in [0.05, 0.1) is 30.5 Å². The van der Waals surface area contributed by atoms with E-state index < -0.39 is 0 Å². The number of carbonyl (C=O) groups is 1. The zero-order chi connectivity index (χ0) is 13.4. The van der Waals surface area contributed by atoms with Crippen LogP contribution < -0.4 is 0 Å². The van der Waals surface area contributed by atoms with Crippen molar-refractivity contribution in [3.05, 3.63) is 17.5 Å². The van der Waals surface area contributed by atoms with Crippen molar-refractivity contribution in [3.8, 4) is 0 Å². The second-order valence-electron chi connectivity index (χ2n) is 5.43.